The summed E-state index contributed by atoms with van der Waals surface area (Å²) in [5, 5.41) is 8.98. The van der Waals surface area contributed by atoms with Crippen molar-refractivity contribution in [2.24, 2.45) is 62.7 Å². The number of para-hydroxylation sites is 2. The summed E-state index contributed by atoms with van der Waals surface area (Å²) < 4.78 is 0. The van der Waals surface area contributed by atoms with Crippen molar-refractivity contribution in [1.29, 1.82) is 0 Å². The molecule has 5 amide bonds. The molecule has 0 radical (unpaired) electrons. The number of aliphatic imine (C=N–C) groups is 2. The molecule has 2 aliphatic heterocycles. The topological polar surface area (TPSA) is 232 Å². The molecule has 14 heteroatoms. The molecule has 6 atom stereocenters. The number of carboxylic acids is 1. The minimum atomic E-state index is -0.987. The minimum Gasteiger partial charge on any atom is -0.481 e. The highest BCUT2D eigenvalue weighted by Gasteiger charge is 2.33. The van der Waals surface area contributed by atoms with E-state index in [4.69, 9.17) is 22.3 Å². The number of benzene rings is 4. The van der Waals surface area contributed by atoms with Gasteiger partial charge in [-0.3, -0.25) is 38.8 Å². The third-order valence-electron chi connectivity index (χ3n) is 11.8. The minimum absolute atomic E-state index is 0.0170. The van der Waals surface area contributed by atoms with Gasteiger partial charge in [-0.15, -0.1) is 13.2 Å². The molecular weight excluding hydrogens is 883 g/mol. The lowest BCUT2D eigenvalue weighted by molar-refractivity contribution is -0.147. The number of fused-ring (bicyclic) bond motifs is 2. The molecule has 2 unspecified atom stereocenters. The molecule has 0 fully saturated rings. The van der Waals surface area contributed by atoms with Gasteiger partial charge in [0.2, 0.25) is 17.7 Å². The molecule has 0 saturated heterocycles. The van der Waals surface area contributed by atoms with Crippen LogP contribution in [0, 0.1) is 35.5 Å². The van der Waals surface area contributed by atoms with Crippen LogP contribution >= 0.6 is 0 Å². The van der Waals surface area contributed by atoms with E-state index in [-0.39, 0.29) is 36.2 Å². The van der Waals surface area contributed by atoms with E-state index in [1.54, 1.807) is 30.0 Å². The van der Waals surface area contributed by atoms with Crippen LogP contribution in [0.15, 0.2) is 144 Å². The number of carbonyl (C=O) groups excluding carboxylic acids is 5. The van der Waals surface area contributed by atoms with Crippen molar-refractivity contribution in [3.63, 3.8) is 0 Å². The first kappa shape index (κ1) is 56.8. The van der Waals surface area contributed by atoms with Gasteiger partial charge in [-0.25, -0.2) is 0 Å². The van der Waals surface area contributed by atoms with Crippen LogP contribution in [0.2, 0.25) is 0 Å². The van der Waals surface area contributed by atoms with E-state index in [0.29, 0.717) is 25.2 Å². The van der Waals surface area contributed by atoms with Crippen LogP contribution in [-0.2, 0) is 28.8 Å². The zero-order valence-corrected chi connectivity index (χ0v) is 41.8. The number of likely N-dealkylation sites (N-methyl/N-ethyl adjacent to an activating group) is 2. The highest BCUT2D eigenvalue weighted by atomic mass is 16.4. The number of nitrogens with two attached hydrogens (primary N) is 3. The van der Waals surface area contributed by atoms with E-state index in [0.717, 1.165) is 45.1 Å². The summed E-state index contributed by atoms with van der Waals surface area (Å²) in [5.41, 5.74) is 23.4. The monoisotopic (exact) mass is 954 g/mol. The molecule has 2 heterocycles. The SMILES string of the molecule is C=CC[C@H](C(=O)O)[C@@H](CC(C)C)C(N)=O.C=CC[C@H](C(N)=O)[C@@H](CC(C)C)C(N)=O.CC1N=C(c2ccccc2)c2ccccc2N(C)C1=O.CC1N=C(c2ccccc2)c2ccccc2N(C)C1=O. The van der Waals surface area contributed by atoms with Gasteiger partial charge in [0.05, 0.1) is 40.6 Å². The number of carboxylic acid groups (broad SMARTS) is 1. The van der Waals surface area contributed by atoms with Gasteiger partial charge in [0.25, 0.3) is 11.8 Å². The molecule has 70 heavy (non-hydrogen) atoms. The third kappa shape index (κ3) is 15.8. The molecule has 0 aromatic heterocycles. The summed E-state index contributed by atoms with van der Waals surface area (Å²) in [4.78, 5) is 81.8. The lowest BCUT2D eigenvalue weighted by Crippen LogP contribution is -2.38. The van der Waals surface area contributed by atoms with Gasteiger partial charge in [0.15, 0.2) is 0 Å². The molecule has 6 rings (SSSR count). The number of nitrogens with zero attached hydrogens (tertiary/aromatic N) is 4. The second-order valence-electron chi connectivity index (χ2n) is 18.1. The number of rotatable bonds is 16. The summed E-state index contributed by atoms with van der Waals surface area (Å²) >= 11 is 0. The zero-order valence-electron chi connectivity index (χ0n) is 41.8. The first-order chi connectivity index (χ1) is 33.2. The lowest BCUT2D eigenvalue weighted by atomic mass is 9.82. The molecule has 0 saturated carbocycles. The van der Waals surface area contributed by atoms with Crippen LogP contribution in [-0.4, -0.2) is 78.2 Å². The molecule has 4 aromatic rings. The average molecular weight is 954 g/mol. The Balaban J connectivity index is 0.000000250. The highest BCUT2D eigenvalue weighted by molar-refractivity contribution is 6.21. The van der Waals surface area contributed by atoms with Crippen molar-refractivity contribution in [2.75, 3.05) is 23.9 Å². The maximum Gasteiger partial charge on any atom is 0.307 e. The fraction of sp³-hybridized carbons (Fsp3) is 0.357. The van der Waals surface area contributed by atoms with Crippen LogP contribution in [0.1, 0.15) is 89.5 Å². The number of carbonyl (C=O) groups is 6. The first-order valence-electron chi connectivity index (χ1n) is 23.5. The van der Waals surface area contributed by atoms with Gasteiger partial charge in [0, 0.05) is 42.3 Å². The molecule has 7 N–H and O–H groups in total. The molecule has 372 valence electrons. The van der Waals surface area contributed by atoms with Crippen LogP contribution in [0.25, 0.3) is 0 Å². The summed E-state index contributed by atoms with van der Waals surface area (Å²) in [7, 11) is 3.61. The number of benzodiazepines with no additional fused rings is 2. The van der Waals surface area contributed by atoms with E-state index in [1.165, 1.54) is 6.08 Å². The van der Waals surface area contributed by atoms with Gasteiger partial charge in [-0.2, -0.15) is 0 Å². The van der Waals surface area contributed by atoms with Crippen molar-refractivity contribution in [1.82, 2.24) is 0 Å². The van der Waals surface area contributed by atoms with E-state index in [9.17, 15) is 28.8 Å². The highest BCUT2D eigenvalue weighted by Crippen LogP contribution is 2.29. The molecule has 14 nitrogen and oxygen atoms in total. The normalized spacial score (nSPS) is 16.7. The van der Waals surface area contributed by atoms with Crippen LogP contribution in [0.3, 0.4) is 0 Å². The van der Waals surface area contributed by atoms with Crippen molar-refractivity contribution in [3.8, 4) is 0 Å². The van der Waals surface area contributed by atoms with Crippen LogP contribution in [0.5, 0.6) is 0 Å². The second-order valence-corrected chi connectivity index (χ2v) is 18.1. The Kier molecular flexibility index (Phi) is 22.3. The van der Waals surface area contributed by atoms with Crippen molar-refractivity contribution in [2.45, 2.75) is 79.3 Å². The van der Waals surface area contributed by atoms with Gasteiger partial charge in [-0.05, 0) is 63.5 Å². The fourth-order valence-electron chi connectivity index (χ4n) is 8.27. The van der Waals surface area contributed by atoms with E-state index in [2.05, 4.69) is 23.1 Å². The lowest BCUT2D eigenvalue weighted by Gasteiger charge is -2.22. The van der Waals surface area contributed by atoms with Gasteiger partial charge < -0.3 is 32.1 Å². The van der Waals surface area contributed by atoms with Gasteiger partial charge in [0.1, 0.15) is 12.1 Å². The Bertz CT molecular complexity index is 2330. The Morgan fingerprint density at radius 3 is 1.19 bits per heavy atom. The number of primary amides is 3. The summed E-state index contributed by atoms with van der Waals surface area (Å²) in [5.74, 6) is -4.27. The zero-order chi connectivity index (χ0) is 52.2. The Morgan fingerprint density at radius 1 is 0.557 bits per heavy atom. The number of anilines is 2. The van der Waals surface area contributed by atoms with Crippen LogP contribution in [0.4, 0.5) is 11.4 Å². The van der Waals surface area contributed by atoms with Crippen molar-refractivity contribution in [3.05, 3.63) is 157 Å². The maximum absolute atomic E-state index is 12.3. The number of allylic oxidation sites excluding steroid dienone is 2. The predicted molar refractivity (Wildman–Crippen MR) is 281 cm³/mol. The summed E-state index contributed by atoms with van der Waals surface area (Å²) in [6, 6.07) is 35.1. The summed E-state index contributed by atoms with van der Waals surface area (Å²) in [6.07, 6.45) is 4.85. The molecule has 2 aliphatic rings. The summed E-state index contributed by atoms with van der Waals surface area (Å²) in [6.45, 7) is 18.5. The number of aliphatic carboxylic acids is 1. The van der Waals surface area contributed by atoms with E-state index < -0.39 is 47.4 Å². The largest absolute Gasteiger partial charge is 0.481 e. The number of hydrogen-bond acceptors (Lipinski definition) is 8. The third-order valence-corrected chi connectivity index (χ3v) is 11.8. The van der Waals surface area contributed by atoms with E-state index >= 15 is 0 Å². The van der Waals surface area contributed by atoms with E-state index in [1.807, 2.05) is 151 Å². The molecule has 0 bridgehead atoms. The smallest absolute Gasteiger partial charge is 0.307 e. The molecule has 0 spiro atoms. The molecular formula is C56H71N7O7. The molecule has 4 aromatic carbocycles. The Labute approximate surface area is 413 Å². The Hall–Kier alpha value is -7.48. The quantitative estimate of drug-likeness (QED) is 0.0808. The fourth-order valence-corrected chi connectivity index (χ4v) is 8.27. The first-order valence-corrected chi connectivity index (χ1v) is 23.5. The van der Waals surface area contributed by atoms with Crippen molar-refractivity contribution >= 4 is 58.3 Å². The second kappa shape index (κ2) is 27.5. The predicted octanol–water partition coefficient (Wildman–Crippen LogP) is 8.00. The maximum atomic E-state index is 12.3. The Morgan fingerprint density at radius 2 is 0.871 bits per heavy atom. The van der Waals surface area contributed by atoms with Gasteiger partial charge >= 0.3 is 5.97 Å². The van der Waals surface area contributed by atoms with Crippen LogP contribution < -0.4 is 27.0 Å². The van der Waals surface area contributed by atoms with Crippen molar-refractivity contribution < 1.29 is 33.9 Å². The number of hydrogen-bond donors (Lipinski definition) is 4. The standard InChI is InChI=1S/2C17H16N2O.C11H20N2O2.C11H19NO3/c2*1-12-17(20)19(2)15-11-7-6-10-14(15)16(18-12)13-8-4-3-5-9-13;1-4-5-8(10(12)14)9(11(13)15)6-7(2)3;1-4-5-8(11(14)15)9(10(12)13)6-7(2)3/h2*3-12H,1-2H3;4,7-9H,1,5-6H2,2-3H3,(H2,12,14)(H2,13,15);4,7-9H,1,5-6H2,2-3H3,(H2,12,13)(H,14,15)/t;;2*8-,9+/m..00/s1. The number of amides is 5. The molecule has 0 aliphatic carbocycles. The average Bonchev–Trinajstić information content (AvgIpc) is 3.49. The van der Waals surface area contributed by atoms with Gasteiger partial charge in [-0.1, -0.05) is 137 Å².